The Hall–Kier alpha value is -2.29. The molecular formula is C12H16N2O6S. The van der Waals surface area contributed by atoms with Crippen LogP contribution in [-0.4, -0.2) is 37.8 Å². The van der Waals surface area contributed by atoms with Crippen LogP contribution in [0.2, 0.25) is 0 Å². The number of carboxylic acids is 1. The molecule has 0 saturated carbocycles. The van der Waals surface area contributed by atoms with Crippen LogP contribution in [0.3, 0.4) is 0 Å². The van der Waals surface area contributed by atoms with Gasteiger partial charge < -0.3 is 15.2 Å². The van der Waals surface area contributed by atoms with Crippen molar-refractivity contribution < 1.29 is 27.9 Å². The number of rotatable bonds is 6. The van der Waals surface area contributed by atoms with Gasteiger partial charge in [0.05, 0.1) is 18.5 Å². The first-order chi connectivity index (χ1) is 9.67. The summed E-state index contributed by atoms with van der Waals surface area (Å²) in [4.78, 5) is 21.8. The Balaban J connectivity index is 3.06. The van der Waals surface area contributed by atoms with Crippen LogP contribution in [0.15, 0.2) is 18.2 Å². The summed E-state index contributed by atoms with van der Waals surface area (Å²) in [6.45, 7) is 2.39. The van der Waals surface area contributed by atoms with E-state index in [9.17, 15) is 18.0 Å². The van der Waals surface area contributed by atoms with Gasteiger partial charge in [-0.05, 0) is 19.1 Å². The van der Waals surface area contributed by atoms with E-state index in [1.165, 1.54) is 32.2 Å². The third-order valence-corrected chi connectivity index (χ3v) is 4.24. The van der Waals surface area contributed by atoms with Crippen molar-refractivity contribution in [1.29, 1.82) is 0 Å². The van der Waals surface area contributed by atoms with Gasteiger partial charge in [-0.2, -0.15) is 0 Å². The quantitative estimate of drug-likeness (QED) is 0.716. The number of amides is 1. The number of nitrogens with one attached hydrogen (secondary N) is 2. The molecule has 0 fully saturated rings. The van der Waals surface area contributed by atoms with E-state index < -0.39 is 21.2 Å². The second-order valence-corrected chi connectivity index (χ2v) is 6.23. The molecule has 0 saturated heterocycles. The molecule has 0 spiro atoms. The molecule has 0 heterocycles. The fourth-order valence-corrected chi connectivity index (χ4v) is 2.33. The lowest BCUT2D eigenvalue weighted by molar-refractivity contribution is -0.136. The number of sulfonamides is 1. The predicted octanol–water partition coefficient (Wildman–Crippen LogP) is 0.868. The van der Waals surface area contributed by atoms with E-state index in [4.69, 9.17) is 9.84 Å². The van der Waals surface area contributed by atoms with Crippen LogP contribution in [0, 0.1) is 0 Å². The number of carbonyl (C=O) groups excluding carboxylic acids is 1. The van der Waals surface area contributed by atoms with Gasteiger partial charge in [0, 0.05) is 13.0 Å². The molecule has 8 nitrogen and oxygen atoms in total. The van der Waals surface area contributed by atoms with Gasteiger partial charge in [0.2, 0.25) is 15.9 Å². The van der Waals surface area contributed by atoms with Crippen molar-refractivity contribution in [3.63, 3.8) is 0 Å². The van der Waals surface area contributed by atoms with E-state index in [1.807, 2.05) is 0 Å². The monoisotopic (exact) mass is 316 g/mol. The molecule has 0 aliphatic rings. The molecule has 0 bridgehead atoms. The Kier molecular flexibility index (Phi) is 5.14. The van der Waals surface area contributed by atoms with Crippen LogP contribution >= 0.6 is 0 Å². The summed E-state index contributed by atoms with van der Waals surface area (Å²) in [5.74, 6) is -1.51. The molecule has 1 aromatic rings. The molecule has 0 aromatic heterocycles. The van der Waals surface area contributed by atoms with Crippen LogP contribution in [0.1, 0.15) is 13.8 Å². The topological polar surface area (TPSA) is 122 Å². The first-order valence-electron chi connectivity index (χ1n) is 5.87. The Morgan fingerprint density at radius 2 is 1.95 bits per heavy atom. The number of hydrogen-bond acceptors (Lipinski definition) is 5. The van der Waals surface area contributed by atoms with Crippen molar-refractivity contribution in [1.82, 2.24) is 0 Å². The molecular weight excluding hydrogens is 300 g/mol. The molecule has 21 heavy (non-hydrogen) atoms. The molecule has 0 aliphatic heterocycles. The summed E-state index contributed by atoms with van der Waals surface area (Å²) in [7, 11) is -2.71. The van der Waals surface area contributed by atoms with E-state index in [2.05, 4.69) is 10.0 Å². The van der Waals surface area contributed by atoms with Gasteiger partial charge in [-0.1, -0.05) is 0 Å². The normalized spacial score (nSPS) is 12.3. The standard InChI is InChI=1S/C12H16N2O6S/c1-7(12(16)17)21(18,19)14-9-4-5-10(13-8(2)15)11(6-9)20-3/h4-7,14H,1-3H3,(H,13,15)(H,16,17). The molecule has 1 atom stereocenters. The number of anilines is 2. The summed E-state index contributed by atoms with van der Waals surface area (Å²) >= 11 is 0. The molecule has 0 aliphatic carbocycles. The fraction of sp³-hybridized carbons (Fsp3) is 0.333. The van der Waals surface area contributed by atoms with Gasteiger partial charge in [-0.3, -0.25) is 14.3 Å². The minimum atomic E-state index is -4.07. The van der Waals surface area contributed by atoms with Crippen molar-refractivity contribution >= 4 is 33.3 Å². The Labute approximate surface area is 122 Å². The van der Waals surface area contributed by atoms with Crippen LogP contribution in [0.25, 0.3) is 0 Å². The van der Waals surface area contributed by atoms with Gasteiger partial charge in [0.15, 0.2) is 5.25 Å². The number of hydrogen-bond donors (Lipinski definition) is 3. The van der Waals surface area contributed by atoms with Gasteiger partial charge in [-0.15, -0.1) is 0 Å². The Bertz CT molecular complexity index is 656. The maximum atomic E-state index is 11.8. The third-order valence-electron chi connectivity index (χ3n) is 2.59. The van der Waals surface area contributed by atoms with E-state index in [1.54, 1.807) is 0 Å². The summed E-state index contributed by atoms with van der Waals surface area (Å²) in [6.07, 6.45) is 0. The van der Waals surface area contributed by atoms with Crippen molar-refractivity contribution in [2.24, 2.45) is 0 Å². The SMILES string of the molecule is COc1cc(NS(=O)(=O)C(C)C(=O)O)ccc1NC(C)=O. The van der Waals surface area contributed by atoms with Crippen LogP contribution in [-0.2, 0) is 19.6 Å². The highest BCUT2D eigenvalue weighted by molar-refractivity contribution is 7.94. The van der Waals surface area contributed by atoms with E-state index >= 15 is 0 Å². The van der Waals surface area contributed by atoms with Crippen molar-refractivity contribution in [2.45, 2.75) is 19.1 Å². The summed E-state index contributed by atoms with van der Waals surface area (Å²) in [5.41, 5.74) is 0.508. The van der Waals surface area contributed by atoms with Crippen molar-refractivity contribution in [2.75, 3.05) is 17.1 Å². The predicted molar refractivity (Wildman–Crippen MR) is 76.9 cm³/mol. The van der Waals surface area contributed by atoms with Gasteiger partial charge in [0.1, 0.15) is 5.75 Å². The van der Waals surface area contributed by atoms with Crippen molar-refractivity contribution in [3.8, 4) is 5.75 Å². The highest BCUT2D eigenvalue weighted by atomic mass is 32.2. The molecule has 116 valence electrons. The average Bonchev–Trinajstić information content (AvgIpc) is 2.38. The van der Waals surface area contributed by atoms with Gasteiger partial charge in [0.25, 0.3) is 0 Å². The first-order valence-corrected chi connectivity index (χ1v) is 7.42. The number of carboxylic acid groups (broad SMARTS) is 1. The molecule has 1 rings (SSSR count). The van der Waals surface area contributed by atoms with E-state index in [0.29, 0.717) is 5.69 Å². The Morgan fingerprint density at radius 1 is 1.33 bits per heavy atom. The minimum Gasteiger partial charge on any atom is -0.494 e. The van der Waals surface area contributed by atoms with Gasteiger partial charge in [-0.25, -0.2) is 8.42 Å². The van der Waals surface area contributed by atoms with Crippen molar-refractivity contribution in [3.05, 3.63) is 18.2 Å². The fourth-order valence-electron chi connectivity index (χ4n) is 1.43. The summed E-state index contributed by atoms with van der Waals surface area (Å²) in [5, 5.41) is 9.67. The number of benzene rings is 1. The second kappa shape index (κ2) is 6.44. The van der Waals surface area contributed by atoms with Crippen LogP contribution in [0.4, 0.5) is 11.4 Å². The van der Waals surface area contributed by atoms with Crippen LogP contribution < -0.4 is 14.8 Å². The largest absolute Gasteiger partial charge is 0.494 e. The Morgan fingerprint density at radius 3 is 2.43 bits per heavy atom. The molecule has 1 aromatic carbocycles. The number of methoxy groups -OCH3 is 1. The second-order valence-electron chi connectivity index (χ2n) is 4.22. The van der Waals surface area contributed by atoms with Gasteiger partial charge >= 0.3 is 5.97 Å². The third kappa shape index (κ3) is 4.35. The number of carbonyl (C=O) groups is 2. The molecule has 1 unspecified atom stereocenters. The number of ether oxygens (including phenoxy) is 1. The smallest absolute Gasteiger partial charge is 0.323 e. The zero-order chi connectivity index (χ0) is 16.2. The first kappa shape index (κ1) is 16.8. The lowest BCUT2D eigenvalue weighted by atomic mass is 10.2. The highest BCUT2D eigenvalue weighted by Crippen LogP contribution is 2.28. The maximum absolute atomic E-state index is 11.8. The zero-order valence-corrected chi connectivity index (χ0v) is 12.5. The highest BCUT2D eigenvalue weighted by Gasteiger charge is 2.27. The molecule has 0 radical (unpaired) electrons. The lowest BCUT2D eigenvalue weighted by Crippen LogP contribution is -2.32. The molecule has 1 amide bonds. The zero-order valence-electron chi connectivity index (χ0n) is 11.7. The van der Waals surface area contributed by atoms with E-state index in [-0.39, 0.29) is 17.3 Å². The minimum absolute atomic E-state index is 0.133. The molecule has 9 heteroatoms. The molecule has 3 N–H and O–H groups in total. The summed E-state index contributed by atoms with van der Waals surface area (Å²) in [6, 6.07) is 4.18. The maximum Gasteiger partial charge on any atom is 0.323 e. The van der Waals surface area contributed by atoms with Crippen LogP contribution in [0.5, 0.6) is 5.75 Å². The average molecular weight is 316 g/mol. The lowest BCUT2D eigenvalue weighted by Gasteiger charge is -2.14. The van der Waals surface area contributed by atoms with E-state index in [0.717, 1.165) is 6.92 Å². The summed E-state index contributed by atoms with van der Waals surface area (Å²) < 4.78 is 30.8. The number of aliphatic carboxylic acids is 1.